The number of rotatable bonds is 5. The van der Waals surface area contributed by atoms with Gasteiger partial charge < -0.3 is 10.4 Å². The van der Waals surface area contributed by atoms with Crippen molar-refractivity contribution in [3.63, 3.8) is 0 Å². The maximum atomic E-state index is 11.8. The van der Waals surface area contributed by atoms with Crippen LogP contribution in [0.1, 0.15) is 23.0 Å². The average Bonchev–Trinajstić information content (AvgIpc) is 2.87. The van der Waals surface area contributed by atoms with E-state index in [1.54, 1.807) is 12.1 Å². The molecule has 2 N–H and O–H groups in total. The highest BCUT2D eigenvalue weighted by Gasteiger charge is 2.14. The lowest BCUT2D eigenvalue weighted by Crippen LogP contribution is -2.22. The first-order valence-corrected chi connectivity index (χ1v) is 6.10. The molecule has 0 spiro atoms. The molecule has 0 aliphatic carbocycles. The van der Waals surface area contributed by atoms with Crippen LogP contribution >= 0.6 is 0 Å². The quantitative estimate of drug-likeness (QED) is 0.853. The van der Waals surface area contributed by atoms with Crippen molar-refractivity contribution in [1.29, 1.82) is 0 Å². The smallest absolute Gasteiger partial charge is 0.355 e. The average molecular weight is 274 g/mol. The topological polar surface area (TPSA) is 97.1 Å². The first kappa shape index (κ1) is 13.7. The molecule has 1 aromatic heterocycles. The number of hydrogen-bond donors (Lipinski definition) is 2. The van der Waals surface area contributed by atoms with Crippen LogP contribution in [-0.2, 0) is 17.8 Å². The van der Waals surface area contributed by atoms with Gasteiger partial charge in [0.15, 0.2) is 5.69 Å². The highest BCUT2D eigenvalue weighted by Crippen LogP contribution is 2.10. The second-order valence-corrected chi connectivity index (χ2v) is 4.18. The number of carboxylic acids is 1. The van der Waals surface area contributed by atoms with Crippen LogP contribution in [0.25, 0.3) is 0 Å². The van der Waals surface area contributed by atoms with Crippen LogP contribution in [0.2, 0.25) is 0 Å². The van der Waals surface area contributed by atoms with Gasteiger partial charge in [0.25, 0.3) is 0 Å². The molecule has 0 aliphatic rings. The van der Waals surface area contributed by atoms with Crippen LogP contribution in [0.4, 0.5) is 5.69 Å². The Balaban J connectivity index is 2.01. The van der Waals surface area contributed by atoms with Crippen LogP contribution in [0.3, 0.4) is 0 Å². The molecule has 2 rings (SSSR count). The molecular formula is C13H14N4O3. The van der Waals surface area contributed by atoms with E-state index in [1.165, 1.54) is 5.56 Å². The molecule has 7 nitrogen and oxygen atoms in total. The van der Waals surface area contributed by atoms with Gasteiger partial charge in [-0.05, 0) is 24.1 Å². The van der Waals surface area contributed by atoms with E-state index in [0.29, 0.717) is 5.69 Å². The Labute approximate surface area is 115 Å². The first-order chi connectivity index (χ1) is 9.60. The van der Waals surface area contributed by atoms with E-state index in [4.69, 9.17) is 5.11 Å². The SMILES string of the molecule is CCc1ccc(NC(=O)Cn2nncc2C(=O)O)cc1. The number of benzene rings is 1. The number of aromatic carboxylic acids is 1. The number of aromatic nitrogens is 3. The van der Waals surface area contributed by atoms with Gasteiger partial charge >= 0.3 is 5.97 Å². The number of carboxylic acid groups (broad SMARTS) is 1. The number of nitrogens with one attached hydrogen (secondary N) is 1. The second kappa shape index (κ2) is 5.96. The van der Waals surface area contributed by atoms with Gasteiger partial charge in [-0.2, -0.15) is 0 Å². The minimum Gasteiger partial charge on any atom is -0.476 e. The number of carbonyl (C=O) groups excluding carboxylic acids is 1. The Hall–Kier alpha value is -2.70. The minimum atomic E-state index is -1.17. The Morgan fingerprint density at radius 1 is 1.30 bits per heavy atom. The lowest BCUT2D eigenvalue weighted by Gasteiger charge is -2.06. The number of carbonyl (C=O) groups is 2. The standard InChI is InChI=1S/C13H14N4O3/c1-2-9-3-5-10(6-4-9)15-12(18)8-17-11(13(19)20)7-14-16-17/h3-7H,2,8H2,1H3,(H,15,18)(H,19,20). The summed E-state index contributed by atoms with van der Waals surface area (Å²) in [6.45, 7) is 1.85. The zero-order valence-corrected chi connectivity index (χ0v) is 10.9. The summed E-state index contributed by atoms with van der Waals surface area (Å²) in [5.74, 6) is -1.53. The summed E-state index contributed by atoms with van der Waals surface area (Å²) >= 11 is 0. The van der Waals surface area contributed by atoms with Crippen molar-refractivity contribution < 1.29 is 14.7 Å². The van der Waals surface area contributed by atoms with E-state index in [9.17, 15) is 9.59 Å². The number of amides is 1. The van der Waals surface area contributed by atoms with Gasteiger partial charge in [0.05, 0.1) is 6.20 Å². The number of nitrogens with zero attached hydrogens (tertiary/aromatic N) is 3. The Bertz CT molecular complexity index is 619. The van der Waals surface area contributed by atoms with E-state index < -0.39 is 5.97 Å². The van der Waals surface area contributed by atoms with Gasteiger partial charge in [-0.15, -0.1) is 5.10 Å². The first-order valence-electron chi connectivity index (χ1n) is 6.10. The maximum Gasteiger partial charge on any atom is 0.355 e. The minimum absolute atomic E-state index is 0.124. The van der Waals surface area contributed by atoms with Gasteiger partial charge in [-0.25, -0.2) is 9.48 Å². The van der Waals surface area contributed by atoms with Gasteiger partial charge in [0, 0.05) is 5.69 Å². The van der Waals surface area contributed by atoms with Crippen molar-refractivity contribution >= 4 is 17.6 Å². The van der Waals surface area contributed by atoms with Crippen molar-refractivity contribution in [1.82, 2.24) is 15.0 Å². The summed E-state index contributed by atoms with van der Waals surface area (Å²) in [6.07, 6.45) is 2.03. The largest absolute Gasteiger partial charge is 0.476 e. The lowest BCUT2D eigenvalue weighted by molar-refractivity contribution is -0.116. The maximum absolute atomic E-state index is 11.8. The van der Waals surface area contributed by atoms with Gasteiger partial charge in [0.2, 0.25) is 5.91 Å². The molecule has 104 valence electrons. The molecule has 0 unspecified atom stereocenters. The molecule has 0 radical (unpaired) electrons. The zero-order chi connectivity index (χ0) is 14.5. The molecule has 0 saturated carbocycles. The van der Waals surface area contributed by atoms with Crippen molar-refractivity contribution in [2.24, 2.45) is 0 Å². The van der Waals surface area contributed by atoms with Crippen molar-refractivity contribution in [3.05, 3.63) is 41.7 Å². The predicted octanol–water partition coefficient (Wildman–Crippen LogP) is 1.18. The van der Waals surface area contributed by atoms with E-state index in [-0.39, 0.29) is 18.1 Å². The Morgan fingerprint density at radius 3 is 2.60 bits per heavy atom. The second-order valence-electron chi connectivity index (χ2n) is 4.18. The van der Waals surface area contributed by atoms with Gasteiger partial charge in [0.1, 0.15) is 6.54 Å². The van der Waals surface area contributed by atoms with E-state index in [2.05, 4.69) is 15.6 Å². The molecule has 2 aromatic rings. The third kappa shape index (κ3) is 3.19. The molecule has 7 heteroatoms. The normalized spacial score (nSPS) is 10.2. The van der Waals surface area contributed by atoms with Gasteiger partial charge in [-0.1, -0.05) is 24.3 Å². The molecule has 20 heavy (non-hydrogen) atoms. The van der Waals surface area contributed by atoms with Crippen molar-refractivity contribution in [2.75, 3.05) is 5.32 Å². The zero-order valence-electron chi connectivity index (χ0n) is 10.9. The highest BCUT2D eigenvalue weighted by atomic mass is 16.4. The predicted molar refractivity (Wildman–Crippen MR) is 71.4 cm³/mol. The Morgan fingerprint density at radius 2 is 2.00 bits per heavy atom. The van der Waals surface area contributed by atoms with E-state index >= 15 is 0 Å². The number of anilines is 1. The number of hydrogen-bond acceptors (Lipinski definition) is 4. The highest BCUT2D eigenvalue weighted by molar-refractivity contribution is 5.91. The third-order valence-corrected chi connectivity index (χ3v) is 2.78. The van der Waals surface area contributed by atoms with Crippen LogP contribution < -0.4 is 5.32 Å². The third-order valence-electron chi connectivity index (χ3n) is 2.78. The molecule has 0 fully saturated rings. The van der Waals surface area contributed by atoms with E-state index in [1.807, 2.05) is 19.1 Å². The summed E-state index contributed by atoms with van der Waals surface area (Å²) in [6, 6.07) is 7.45. The lowest BCUT2D eigenvalue weighted by atomic mass is 10.1. The summed E-state index contributed by atoms with van der Waals surface area (Å²) in [5.41, 5.74) is 1.71. The Kier molecular flexibility index (Phi) is 4.09. The van der Waals surface area contributed by atoms with Crippen LogP contribution in [-0.4, -0.2) is 32.0 Å². The fraction of sp³-hybridized carbons (Fsp3) is 0.231. The molecular weight excluding hydrogens is 260 g/mol. The molecule has 1 amide bonds. The number of aryl methyl sites for hydroxylation is 1. The van der Waals surface area contributed by atoms with Crippen LogP contribution in [0.15, 0.2) is 30.5 Å². The fourth-order valence-corrected chi connectivity index (χ4v) is 1.70. The molecule has 1 heterocycles. The van der Waals surface area contributed by atoms with Crippen molar-refractivity contribution in [2.45, 2.75) is 19.9 Å². The van der Waals surface area contributed by atoms with Crippen molar-refractivity contribution in [3.8, 4) is 0 Å². The summed E-state index contributed by atoms with van der Waals surface area (Å²) in [4.78, 5) is 22.7. The molecule has 0 atom stereocenters. The molecule has 1 aromatic carbocycles. The molecule has 0 bridgehead atoms. The van der Waals surface area contributed by atoms with Gasteiger partial charge in [-0.3, -0.25) is 4.79 Å². The van der Waals surface area contributed by atoms with Crippen LogP contribution in [0.5, 0.6) is 0 Å². The fourth-order valence-electron chi connectivity index (χ4n) is 1.70. The van der Waals surface area contributed by atoms with E-state index in [0.717, 1.165) is 17.3 Å². The van der Waals surface area contributed by atoms with Crippen LogP contribution in [0, 0.1) is 0 Å². The monoisotopic (exact) mass is 274 g/mol. The summed E-state index contributed by atoms with van der Waals surface area (Å²) in [7, 11) is 0. The molecule has 0 aliphatic heterocycles. The molecule has 0 saturated heterocycles. The summed E-state index contributed by atoms with van der Waals surface area (Å²) < 4.78 is 1.04. The summed E-state index contributed by atoms with van der Waals surface area (Å²) in [5, 5.41) is 18.6.